The number of nitrogens with two attached hydrogens (primary N) is 1. The number of rotatable bonds is 4. The molecule has 0 heterocycles. The van der Waals surface area contributed by atoms with Crippen molar-refractivity contribution in [3.63, 3.8) is 0 Å². The normalized spacial score (nSPS) is 12.1. The van der Waals surface area contributed by atoms with E-state index in [0.29, 0.717) is 11.5 Å². The van der Waals surface area contributed by atoms with Crippen LogP contribution in [0.3, 0.4) is 0 Å². The zero-order valence-electron chi connectivity index (χ0n) is 12.1. The standard InChI is InChI=1S/C16H17Br2NO2/c1-9-6-10(17)4-5-11(9)16(19)12-7-14(20-2)15(21-3)8-13(12)18/h4-8,16H,19H2,1-3H3. The Balaban J connectivity index is 2.50. The summed E-state index contributed by atoms with van der Waals surface area (Å²) in [6, 6.07) is 9.64. The van der Waals surface area contributed by atoms with Crippen LogP contribution in [0.2, 0.25) is 0 Å². The van der Waals surface area contributed by atoms with Gasteiger partial charge >= 0.3 is 0 Å². The Hall–Kier alpha value is -1.04. The number of halogens is 2. The number of methoxy groups -OCH3 is 2. The Bertz CT molecular complexity index is 659. The van der Waals surface area contributed by atoms with Crippen LogP contribution in [0.25, 0.3) is 0 Å². The van der Waals surface area contributed by atoms with E-state index in [1.165, 1.54) is 0 Å². The second-order valence-electron chi connectivity index (χ2n) is 4.71. The molecule has 0 bridgehead atoms. The molecule has 0 radical (unpaired) electrons. The third kappa shape index (κ3) is 3.42. The molecule has 0 fully saturated rings. The van der Waals surface area contributed by atoms with Crippen molar-refractivity contribution in [3.05, 3.63) is 56.0 Å². The summed E-state index contributed by atoms with van der Waals surface area (Å²) in [4.78, 5) is 0. The van der Waals surface area contributed by atoms with Gasteiger partial charge in [-0.15, -0.1) is 0 Å². The Labute approximate surface area is 141 Å². The van der Waals surface area contributed by atoms with Gasteiger partial charge in [-0.2, -0.15) is 0 Å². The topological polar surface area (TPSA) is 44.5 Å². The number of hydrogen-bond acceptors (Lipinski definition) is 3. The number of aryl methyl sites for hydroxylation is 1. The molecule has 0 aromatic heterocycles. The number of hydrogen-bond donors (Lipinski definition) is 1. The lowest BCUT2D eigenvalue weighted by Gasteiger charge is -2.19. The van der Waals surface area contributed by atoms with E-state index in [-0.39, 0.29) is 6.04 Å². The molecule has 0 spiro atoms. The molecule has 3 nitrogen and oxygen atoms in total. The molecule has 0 aliphatic carbocycles. The highest BCUT2D eigenvalue weighted by atomic mass is 79.9. The molecule has 0 aliphatic heterocycles. The van der Waals surface area contributed by atoms with Crippen molar-refractivity contribution in [2.75, 3.05) is 14.2 Å². The minimum atomic E-state index is -0.243. The maximum Gasteiger partial charge on any atom is 0.161 e. The highest BCUT2D eigenvalue weighted by molar-refractivity contribution is 9.10. The first-order valence-electron chi connectivity index (χ1n) is 6.41. The largest absolute Gasteiger partial charge is 0.493 e. The van der Waals surface area contributed by atoms with E-state index in [1.54, 1.807) is 14.2 Å². The first-order chi connectivity index (χ1) is 9.97. The molecule has 5 heteroatoms. The summed E-state index contributed by atoms with van der Waals surface area (Å²) in [5.74, 6) is 1.34. The zero-order valence-corrected chi connectivity index (χ0v) is 15.3. The van der Waals surface area contributed by atoms with Crippen molar-refractivity contribution in [1.82, 2.24) is 0 Å². The summed E-state index contributed by atoms with van der Waals surface area (Å²) in [5, 5.41) is 0. The molecule has 0 saturated carbocycles. The second kappa shape index (κ2) is 6.81. The van der Waals surface area contributed by atoms with Crippen LogP contribution in [0.1, 0.15) is 22.7 Å². The van der Waals surface area contributed by atoms with Gasteiger partial charge in [-0.05, 0) is 47.9 Å². The van der Waals surface area contributed by atoms with Crippen molar-refractivity contribution < 1.29 is 9.47 Å². The van der Waals surface area contributed by atoms with Gasteiger partial charge in [0.15, 0.2) is 11.5 Å². The van der Waals surface area contributed by atoms with E-state index >= 15 is 0 Å². The van der Waals surface area contributed by atoms with Crippen LogP contribution in [0.15, 0.2) is 39.3 Å². The summed E-state index contributed by atoms with van der Waals surface area (Å²) in [7, 11) is 3.23. The first-order valence-corrected chi connectivity index (χ1v) is 7.99. The summed E-state index contributed by atoms with van der Waals surface area (Å²) in [5.41, 5.74) is 9.61. The molecule has 112 valence electrons. The van der Waals surface area contributed by atoms with Gasteiger partial charge in [-0.25, -0.2) is 0 Å². The third-order valence-corrected chi connectivity index (χ3v) is 4.58. The van der Waals surface area contributed by atoms with Crippen LogP contribution in [0.5, 0.6) is 11.5 Å². The first kappa shape index (κ1) is 16.3. The molecule has 1 unspecified atom stereocenters. The fourth-order valence-corrected chi connectivity index (χ4v) is 3.31. The average molecular weight is 415 g/mol. The zero-order chi connectivity index (χ0) is 15.6. The predicted octanol–water partition coefficient (Wildman–Crippen LogP) is 4.59. The molecular weight excluding hydrogens is 398 g/mol. The molecule has 2 aromatic carbocycles. The average Bonchev–Trinajstić information content (AvgIpc) is 2.46. The Morgan fingerprint density at radius 1 is 0.952 bits per heavy atom. The van der Waals surface area contributed by atoms with Crippen LogP contribution in [0, 0.1) is 6.92 Å². The van der Waals surface area contributed by atoms with Crippen molar-refractivity contribution in [1.29, 1.82) is 0 Å². The summed E-state index contributed by atoms with van der Waals surface area (Å²) >= 11 is 7.03. The Kier molecular flexibility index (Phi) is 5.30. The molecule has 21 heavy (non-hydrogen) atoms. The molecular formula is C16H17Br2NO2. The summed E-state index contributed by atoms with van der Waals surface area (Å²) in [6.07, 6.45) is 0. The van der Waals surface area contributed by atoms with Crippen LogP contribution >= 0.6 is 31.9 Å². The predicted molar refractivity (Wildman–Crippen MR) is 92.2 cm³/mol. The lowest BCUT2D eigenvalue weighted by atomic mass is 9.95. The lowest BCUT2D eigenvalue weighted by Crippen LogP contribution is -2.14. The molecule has 0 aliphatic rings. The molecule has 0 amide bonds. The quantitative estimate of drug-likeness (QED) is 0.795. The molecule has 2 N–H and O–H groups in total. The van der Waals surface area contributed by atoms with E-state index in [0.717, 1.165) is 25.6 Å². The van der Waals surface area contributed by atoms with Crippen molar-refractivity contribution >= 4 is 31.9 Å². The maximum atomic E-state index is 6.44. The Morgan fingerprint density at radius 3 is 2.14 bits per heavy atom. The van der Waals surface area contributed by atoms with Gasteiger partial charge in [0.1, 0.15) is 0 Å². The number of benzene rings is 2. The highest BCUT2D eigenvalue weighted by Crippen LogP contribution is 2.37. The van der Waals surface area contributed by atoms with Gasteiger partial charge in [0.25, 0.3) is 0 Å². The third-order valence-electron chi connectivity index (χ3n) is 3.40. The molecule has 1 atom stereocenters. The van der Waals surface area contributed by atoms with Crippen LogP contribution in [0.4, 0.5) is 0 Å². The monoisotopic (exact) mass is 413 g/mol. The van der Waals surface area contributed by atoms with E-state index in [4.69, 9.17) is 15.2 Å². The fourth-order valence-electron chi connectivity index (χ4n) is 2.26. The molecule has 2 rings (SSSR count). The van der Waals surface area contributed by atoms with Gasteiger partial charge in [-0.3, -0.25) is 0 Å². The van der Waals surface area contributed by atoms with Crippen molar-refractivity contribution in [3.8, 4) is 11.5 Å². The summed E-state index contributed by atoms with van der Waals surface area (Å²) < 4.78 is 12.6. The van der Waals surface area contributed by atoms with E-state index < -0.39 is 0 Å². The highest BCUT2D eigenvalue weighted by Gasteiger charge is 2.18. The van der Waals surface area contributed by atoms with Crippen LogP contribution in [-0.2, 0) is 0 Å². The summed E-state index contributed by atoms with van der Waals surface area (Å²) in [6.45, 7) is 2.05. The molecule has 2 aromatic rings. The van der Waals surface area contributed by atoms with E-state index in [9.17, 15) is 0 Å². The minimum absolute atomic E-state index is 0.243. The SMILES string of the molecule is COc1cc(Br)c(C(N)c2ccc(Br)cc2C)cc1OC. The van der Waals surface area contributed by atoms with Gasteiger partial charge < -0.3 is 15.2 Å². The number of ether oxygens (including phenoxy) is 2. The maximum absolute atomic E-state index is 6.44. The van der Waals surface area contributed by atoms with Crippen molar-refractivity contribution in [2.24, 2.45) is 5.73 Å². The van der Waals surface area contributed by atoms with E-state index in [1.807, 2.05) is 24.3 Å². The van der Waals surface area contributed by atoms with Gasteiger partial charge in [0.05, 0.1) is 20.3 Å². The Morgan fingerprint density at radius 2 is 1.57 bits per heavy atom. The van der Waals surface area contributed by atoms with Crippen molar-refractivity contribution in [2.45, 2.75) is 13.0 Å². The molecule has 0 saturated heterocycles. The fraction of sp³-hybridized carbons (Fsp3) is 0.250. The smallest absolute Gasteiger partial charge is 0.161 e. The second-order valence-corrected chi connectivity index (χ2v) is 6.48. The van der Waals surface area contributed by atoms with Gasteiger partial charge in [0.2, 0.25) is 0 Å². The minimum Gasteiger partial charge on any atom is -0.493 e. The van der Waals surface area contributed by atoms with Gasteiger partial charge in [-0.1, -0.05) is 37.9 Å². The van der Waals surface area contributed by atoms with Crippen LogP contribution < -0.4 is 15.2 Å². The van der Waals surface area contributed by atoms with Crippen LogP contribution in [-0.4, -0.2) is 14.2 Å². The van der Waals surface area contributed by atoms with Gasteiger partial charge in [0, 0.05) is 8.95 Å². The lowest BCUT2D eigenvalue weighted by molar-refractivity contribution is 0.354. The van der Waals surface area contributed by atoms with E-state index in [2.05, 4.69) is 44.8 Å².